The second kappa shape index (κ2) is 7.26. The number of halogens is 1. The number of piperidine rings is 1. The number of aromatic nitrogens is 2. The number of rotatable bonds is 5. The first-order valence-corrected chi connectivity index (χ1v) is 9.37. The van der Waals surface area contributed by atoms with Crippen LogP contribution in [0.15, 0.2) is 24.5 Å². The monoisotopic (exact) mass is 386 g/mol. The summed E-state index contributed by atoms with van der Waals surface area (Å²) in [5.74, 6) is 0.836. The fourth-order valence-electron chi connectivity index (χ4n) is 4.17. The van der Waals surface area contributed by atoms with E-state index in [0.29, 0.717) is 48.1 Å². The van der Waals surface area contributed by atoms with E-state index in [1.54, 1.807) is 25.3 Å². The van der Waals surface area contributed by atoms with Crippen LogP contribution in [0.5, 0.6) is 11.5 Å². The Kier molecular flexibility index (Phi) is 4.78. The van der Waals surface area contributed by atoms with Crippen molar-refractivity contribution in [3.05, 3.63) is 41.6 Å². The molecule has 0 saturated carbocycles. The average molecular weight is 386 g/mol. The van der Waals surface area contributed by atoms with E-state index in [9.17, 15) is 9.18 Å². The molecule has 8 heteroatoms. The molecule has 1 aromatic heterocycles. The molecule has 2 unspecified atom stereocenters. The average Bonchev–Trinajstić information content (AvgIpc) is 2.73. The summed E-state index contributed by atoms with van der Waals surface area (Å²) in [6.07, 6.45) is 2.83. The van der Waals surface area contributed by atoms with Gasteiger partial charge in [-0.15, -0.1) is 0 Å². The van der Waals surface area contributed by atoms with Crippen LogP contribution in [0, 0.1) is 5.82 Å². The topological polar surface area (TPSA) is 67.8 Å². The second-order valence-corrected chi connectivity index (χ2v) is 7.01. The highest BCUT2D eigenvalue weighted by molar-refractivity contribution is 5.99. The van der Waals surface area contributed by atoms with Crippen LogP contribution < -0.4 is 14.4 Å². The van der Waals surface area contributed by atoms with Gasteiger partial charge in [-0.2, -0.15) is 0 Å². The first-order valence-electron chi connectivity index (χ1n) is 9.37. The molecular formula is C20H23FN4O3. The lowest BCUT2D eigenvalue weighted by Crippen LogP contribution is -2.70. The molecule has 0 N–H and O–H groups in total. The first-order chi connectivity index (χ1) is 13.6. The predicted molar refractivity (Wildman–Crippen MR) is 101 cm³/mol. The summed E-state index contributed by atoms with van der Waals surface area (Å²) < 4.78 is 25.3. The number of amides is 1. The number of piperazine rings is 1. The molecule has 1 aromatic carbocycles. The molecule has 5 rings (SSSR count). The number of ether oxygens (including phenoxy) is 2. The summed E-state index contributed by atoms with van der Waals surface area (Å²) >= 11 is 0. The Bertz CT molecular complexity index is 895. The summed E-state index contributed by atoms with van der Waals surface area (Å²) in [7, 11) is 3.07. The smallest absolute Gasteiger partial charge is 0.258 e. The van der Waals surface area contributed by atoms with Gasteiger partial charge in [-0.1, -0.05) is 13.0 Å². The van der Waals surface area contributed by atoms with Crippen LogP contribution in [0.3, 0.4) is 0 Å². The number of aryl methyl sites for hydroxylation is 1. The van der Waals surface area contributed by atoms with Crippen LogP contribution in [0.2, 0.25) is 0 Å². The maximum Gasteiger partial charge on any atom is 0.258 e. The minimum atomic E-state index is -0.362. The van der Waals surface area contributed by atoms with E-state index in [-0.39, 0.29) is 23.8 Å². The van der Waals surface area contributed by atoms with Crippen molar-refractivity contribution >= 4 is 11.7 Å². The number of benzene rings is 1. The lowest BCUT2D eigenvalue weighted by atomic mass is 9.86. The molecule has 4 heterocycles. The van der Waals surface area contributed by atoms with E-state index in [1.165, 1.54) is 13.4 Å². The van der Waals surface area contributed by atoms with Gasteiger partial charge in [0.2, 0.25) is 0 Å². The number of carbonyl (C=O) groups is 1. The van der Waals surface area contributed by atoms with Crippen LogP contribution in [0.25, 0.3) is 0 Å². The van der Waals surface area contributed by atoms with Gasteiger partial charge < -0.3 is 19.3 Å². The fourth-order valence-corrected chi connectivity index (χ4v) is 4.17. The first kappa shape index (κ1) is 18.5. The Morgan fingerprint density at radius 1 is 1.21 bits per heavy atom. The summed E-state index contributed by atoms with van der Waals surface area (Å²) in [5.41, 5.74) is 0.893. The number of methoxy groups -OCH3 is 2. The van der Waals surface area contributed by atoms with Crippen LogP contribution in [0.1, 0.15) is 29.4 Å². The zero-order valence-corrected chi connectivity index (χ0v) is 16.2. The summed E-state index contributed by atoms with van der Waals surface area (Å²) in [5, 5.41) is 0. The second-order valence-electron chi connectivity index (χ2n) is 7.01. The summed E-state index contributed by atoms with van der Waals surface area (Å²) in [4.78, 5) is 25.1. The Morgan fingerprint density at radius 2 is 1.96 bits per heavy atom. The molecule has 0 aliphatic carbocycles. The maximum atomic E-state index is 14.6. The number of hydrogen-bond acceptors (Lipinski definition) is 6. The highest BCUT2D eigenvalue weighted by Crippen LogP contribution is 2.39. The standard InChI is InChI=1S/C20H23FN4O3/c1-4-15-17(21)19(23-11-22-15)24-9-12-8-13(10-24)25(12)20(26)14-6-5-7-16(27-2)18(14)28-3/h5-7,11-13H,4,8-10H2,1-3H3. The van der Waals surface area contributed by atoms with E-state index in [0.717, 1.165) is 6.42 Å². The molecule has 3 saturated heterocycles. The number of nitrogens with zero attached hydrogens (tertiary/aromatic N) is 4. The molecule has 3 aliphatic rings. The molecule has 3 fully saturated rings. The Morgan fingerprint density at radius 3 is 2.61 bits per heavy atom. The van der Waals surface area contributed by atoms with E-state index >= 15 is 0 Å². The van der Waals surface area contributed by atoms with Gasteiger partial charge in [-0.25, -0.2) is 14.4 Å². The molecule has 148 valence electrons. The van der Waals surface area contributed by atoms with Crippen LogP contribution in [-0.2, 0) is 6.42 Å². The van der Waals surface area contributed by atoms with Crippen LogP contribution in [0.4, 0.5) is 10.2 Å². The fraction of sp³-hybridized carbons (Fsp3) is 0.450. The van der Waals surface area contributed by atoms with Crippen molar-refractivity contribution < 1.29 is 18.7 Å². The van der Waals surface area contributed by atoms with Crippen molar-refractivity contribution in [2.45, 2.75) is 31.8 Å². The zero-order chi connectivity index (χ0) is 19.8. The van der Waals surface area contributed by atoms with E-state index in [2.05, 4.69) is 9.97 Å². The van der Waals surface area contributed by atoms with Crippen molar-refractivity contribution in [2.24, 2.45) is 0 Å². The lowest BCUT2D eigenvalue weighted by molar-refractivity contribution is 0.00534. The van der Waals surface area contributed by atoms with Gasteiger partial charge >= 0.3 is 0 Å². The zero-order valence-electron chi connectivity index (χ0n) is 16.2. The largest absolute Gasteiger partial charge is 0.493 e. The molecule has 3 aliphatic heterocycles. The summed E-state index contributed by atoms with van der Waals surface area (Å²) in [6.45, 7) is 2.96. The van der Waals surface area contributed by atoms with Gasteiger partial charge in [0, 0.05) is 13.1 Å². The van der Waals surface area contributed by atoms with Crippen molar-refractivity contribution in [1.82, 2.24) is 14.9 Å². The van der Waals surface area contributed by atoms with Gasteiger partial charge in [-0.05, 0) is 25.0 Å². The Labute approximate surface area is 163 Å². The van der Waals surface area contributed by atoms with Crippen LogP contribution >= 0.6 is 0 Å². The highest BCUT2D eigenvalue weighted by Gasteiger charge is 2.48. The van der Waals surface area contributed by atoms with Gasteiger partial charge in [0.1, 0.15) is 6.33 Å². The maximum absolute atomic E-state index is 14.6. The molecule has 2 atom stereocenters. The number of carbonyl (C=O) groups excluding carboxylic acids is 1. The molecule has 0 radical (unpaired) electrons. The molecule has 7 nitrogen and oxygen atoms in total. The molecule has 2 aromatic rings. The normalized spacial score (nSPS) is 20.6. The molecule has 1 amide bonds. The van der Waals surface area contributed by atoms with E-state index in [4.69, 9.17) is 9.47 Å². The van der Waals surface area contributed by atoms with Gasteiger partial charge in [0.05, 0.1) is 37.6 Å². The number of anilines is 1. The quantitative estimate of drug-likeness (QED) is 0.786. The minimum Gasteiger partial charge on any atom is -0.493 e. The van der Waals surface area contributed by atoms with Gasteiger partial charge in [0.25, 0.3) is 5.91 Å². The SMILES string of the molecule is CCc1ncnc(N2CC3CC(C2)N3C(=O)c2cccc(OC)c2OC)c1F. The highest BCUT2D eigenvalue weighted by atomic mass is 19.1. The Hall–Kier alpha value is -2.90. The van der Waals surface area contributed by atoms with Crippen LogP contribution in [-0.4, -0.2) is 60.2 Å². The van der Waals surface area contributed by atoms with E-state index in [1.807, 2.05) is 16.7 Å². The summed E-state index contributed by atoms with van der Waals surface area (Å²) in [6, 6.07) is 5.31. The third kappa shape index (κ3) is 2.83. The molecule has 2 bridgehead atoms. The molecule has 0 spiro atoms. The van der Waals surface area contributed by atoms with Gasteiger partial charge in [-0.3, -0.25) is 4.79 Å². The Balaban J connectivity index is 1.55. The van der Waals surface area contributed by atoms with Gasteiger partial charge in [0.15, 0.2) is 23.1 Å². The van der Waals surface area contributed by atoms with Crippen molar-refractivity contribution in [1.29, 1.82) is 0 Å². The molecular weight excluding hydrogens is 363 g/mol. The third-order valence-electron chi connectivity index (χ3n) is 5.54. The van der Waals surface area contributed by atoms with Crippen molar-refractivity contribution in [3.63, 3.8) is 0 Å². The van der Waals surface area contributed by atoms with E-state index < -0.39 is 0 Å². The third-order valence-corrected chi connectivity index (χ3v) is 5.54. The van der Waals surface area contributed by atoms with Crippen molar-refractivity contribution in [2.75, 3.05) is 32.2 Å². The molecule has 28 heavy (non-hydrogen) atoms. The number of fused-ring (bicyclic) bond motifs is 2. The number of hydrogen-bond donors (Lipinski definition) is 0. The minimum absolute atomic E-state index is 0.0154. The van der Waals surface area contributed by atoms with Crippen molar-refractivity contribution in [3.8, 4) is 11.5 Å². The predicted octanol–water partition coefficient (Wildman–Crippen LogP) is 2.30. The lowest BCUT2D eigenvalue weighted by Gasteiger charge is -2.56. The number of para-hydroxylation sites is 1.